The van der Waals surface area contributed by atoms with E-state index in [9.17, 15) is 18.0 Å². The maximum atomic E-state index is 12.5. The lowest BCUT2D eigenvalue weighted by Gasteiger charge is -2.11. The number of rotatable bonds is 1. The van der Waals surface area contributed by atoms with Crippen LogP contribution in [0.1, 0.15) is 11.1 Å². The van der Waals surface area contributed by atoms with Crippen molar-refractivity contribution in [2.45, 2.75) is 6.18 Å². The Bertz CT molecular complexity index is 491. The lowest BCUT2D eigenvalue weighted by Crippen LogP contribution is -2.19. The summed E-state index contributed by atoms with van der Waals surface area (Å²) < 4.78 is 37.5. The molecule has 0 bridgehead atoms. The third-order valence-electron chi connectivity index (χ3n) is 2.64. The highest BCUT2D eigenvalue weighted by atomic mass is 19.4. The van der Waals surface area contributed by atoms with Gasteiger partial charge in [0.15, 0.2) is 0 Å². The van der Waals surface area contributed by atoms with Crippen molar-refractivity contribution in [1.29, 1.82) is 0 Å². The molecular formula is C12H10F3NO. The molecule has 2 nitrogen and oxygen atoms in total. The summed E-state index contributed by atoms with van der Waals surface area (Å²) >= 11 is 0. The average molecular weight is 241 g/mol. The molecule has 17 heavy (non-hydrogen) atoms. The van der Waals surface area contributed by atoms with Gasteiger partial charge in [0.05, 0.1) is 5.56 Å². The van der Waals surface area contributed by atoms with Gasteiger partial charge in [0.2, 0.25) is 5.91 Å². The summed E-state index contributed by atoms with van der Waals surface area (Å²) in [6.07, 6.45) is -2.99. The van der Waals surface area contributed by atoms with Crippen LogP contribution < -0.4 is 0 Å². The van der Waals surface area contributed by atoms with Crippen LogP contribution in [0.25, 0.3) is 5.57 Å². The smallest absolute Gasteiger partial charge is 0.338 e. The summed E-state index contributed by atoms with van der Waals surface area (Å²) in [7, 11) is 1.61. The third-order valence-corrected chi connectivity index (χ3v) is 2.64. The largest absolute Gasteiger partial charge is 0.416 e. The molecule has 0 saturated heterocycles. The molecule has 1 heterocycles. The Kier molecular flexibility index (Phi) is 2.69. The molecule has 0 radical (unpaired) electrons. The number of carbonyl (C=O) groups excluding carboxylic acids is 1. The van der Waals surface area contributed by atoms with E-state index in [0.717, 1.165) is 12.1 Å². The highest BCUT2D eigenvalue weighted by Crippen LogP contribution is 2.31. The standard InChI is InChI=1S/C12H10F3NO/c1-16-7-9(6-11(16)17)8-3-2-4-10(5-8)12(13,14)15/h2-6H,7H2,1H3. The van der Waals surface area contributed by atoms with Gasteiger partial charge in [-0.1, -0.05) is 12.1 Å². The van der Waals surface area contributed by atoms with E-state index >= 15 is 0 Å². The van der Waals surface area contributed by atoms with Gasteiger partial charge in [-0.15, -0.1) is 0 Å². The van der Waals surface area contributed by atoms with Crippen molar-refractivity contribution < 1.29 is 18.0 Å². The molecule has 0 unspecified atom stereocenters. The molecule has 0 N–H and O–H groups in total. The van der Waals surface area contributed by atoms with Gasteiger partial charge >= 0.3 is 6.18 Å². The molecule has 0 saturated carbocycles. The number of carbonyl (C=O) groups is 1. The number of alkyl halides is 3. The van der Waals surface area contributed by atoms with E-state index in [-0.39, 0.29) is 5.91 Å². The zero-order valence-corrected chi connectivity index (χ0v) is 9.08. The summed E-state index contributed by atoms with van der Waals surface area (Å²) in [5.74, 6) is -0.183. The predicted molar refractivity (Wildman–Crippen MR) is 57.1 cm³/mol. The number of hydrogen-bond acceptors (Lipinski definition) is 1. The van der Waals surface area contributed by atoms with Crippen molar-refractivity contribution >= 4 is 11.5 Å². The molecular weight excluding hydrogens is 231 g/mol. The lowest BCUT2D eigenvalue weighted by molar-refractivity contribution is -0.137. The first-order valence-corrected chi connectivity index (χ1v) is 5.01. The molecule has 0 atom stereocenters. The Hall–Kier alpha value is -1.78. The number of likely N-dealkylation sites (N-methyl/N-ethyl adjacent to an activating group) is 1. The molecule has 1 aromatic carbocycles. The van der Waals surface area contributed by atoms with Gasteiger partial charge in [-0.25, -0.2) is 0 Å². The molecule has 1 aliphatic rings. The van der Waals surface area contributed by atoms with Gasteiger partial charge in [0, 0.05) is 19.7 Å². The van der Waals surface area contributed by atoms with E-state index in [2.05, 4.69) is 0 Å². The summed E-state index contributed by atoms with van der Waals surface area (Å²) in [4.78, 5) is 12.7. The molecule has 0 aliphatic carbocycles. The van der Waals surface area contributed by atoms with Crippen LogP contribution in [0, 0.1) is 0 Å². The predicted octanol–water partition coefficient (Wildman–Crippen LogP) is 2.56. The Morgan fingerprint density at radius 1 is 1.29 bits per heavy atom. The van der Waals surface area contributed by atoms with Crippen LogP contribution in [0.2, 0.25) is 0 Å². The minimum atomic E-state index is -4.36. The molecule has 90 valence electrons. The fourth-order valence-electron chi connectivity index (χ4n) is 1.71. The van der Waals surface area contributed by atoms with Crippen molar-refractivity contribution in [3.63, 3.8) is 0 Å². The van der Waals surface area contributed by atoms with Crippen LogP contribution in [0.15, 0.2) is 30.3 Å². The zero-order chi connectivity index (χ0) is 12.6. The lowest BCUT2D eigenvalue weighted by atomic mass is 10.0. The summed E-state index contributed by atoms with van der Waals surface area (Å²) in [5.41, 5.74) is 0.360. The van der Waals surface area contributed by atoms with Crippen LogP contribution in [0.4, 0.5) is 13.2 Å². The Balaban J connectivity index is 2.36. The topological polar surface area (TPSA) is 20.3 Å². The fourth-order valence-corrected chi connectivity index (χ4v) is 1.71. The number of halogens is 3. The highest BCUT2D eigenvalue weighted by Gasteiger charge is 2.31. The first-order chi connectivity index (χ1) is 7.88. The van der Waals surface area contributed by atoms with E-state index < -0.39 is 11.7 Å². The van der Waals surface area contributed by atoms with E-state index in [0.29, 0.717) is 17.7 Å². The van der Waals surface area contributed by atoms with Crippen LogP contribution >= 0.6 is 0 Å². The first kappa shape index (κ1) is 11.7. The number of nitrogens with zero attached hydrogens (tertiary/aromatic N) is 1. The summed E-state index contributed by atoms with van der Waals surface area (Å²) in [5, 5.41) is 0. The Morgan fingerprint density at radius 3 is 2.53 bits per heavy atom. The molecule has 1 amide bonds. The summed E-state index contributed by atoms with van der Waals surface area (Å²) in [6.45, 7) is 0.347. The van der Waals surface area contributed by atoms with Gasteiger partial charge in [-0.3, -0.25) is 4.79 Å². The van der Waals surface area contributed by atoms with E-state index in [1.54, 1.807) is 13.1 Å². The van der Waals surface area contributed by atoms with Gasteiger partial charge < -0.3 is 4.90 Å². The Labute approximate surface area is 96.3 Å². The van der Waals surface area contributed by atoms with E-state index in [1.165, 1.54) is 17.0 Å². The van der Waals surface area contributed by atoms with Crippen LogP contribution in [-0.2, 0) is 11.0 Å². The monoisotopic (exact) mass is 241 g/mol. The molecule has 0 spiro atoms. The molecule has 0 fully saturated rings. The van der Waals surface area contributed by atoms with Gasteiger partial charge in [0.25, 0.3) is 0 Å². The normalized spacial score (nSPS) is 16.4. The minimum Gasteiger partial charge on any atom is -0.338 e. The second kappa shape index (κ2) is 3.91. The highest BCUT2D eigenvalue weighted by molar-refractivity contribution is 6.00. The second-order valence-corrected chi connectivity index (χ2v) is 3.94. The molecule has 1 aromatic rings. The van der Waals surface area contributed by atoms with Crippen LogP contribution in [0.5, 0.6) is 0 Å². The first-order valence-electron chi connectivity index (χ1n) is 5.01. The number of benzene rings is 1. The van der Waals surface area contributed by atoms with E-state index in [4.69, 9.17) is 0 Å². The minimum absolute atomic E-state index is 0.183. The third kappa shape index (κ3) is 2.33. The average Bonchev–Trinajstić information content (AvgIpc) is 2.58. The van der Waals surface area contributed by atoms with Crippen molar-refractivity contribution in [2.75, 3.05) is 13.6 Å². The van der Waals surface area contributed by atoms with Gasteiger partial charge in [0.1, 0.15) is 0 Å². The maximum absolute atomic E-state index is 12.5. The van der Waals surface area contributed by atoms with Gasteiger partial charge in [-0.2, -0.15) is 13.2 Å². The SMILES string of the molecule is CN1CC(c2cccc(C(F)(F)F)c2)=CC1=O. The fraction of sp³-hybridized carbons (Fsp3) is 0.250. The molecule has 2 rings (SSSR count). The summed E-state index contributed by atoms with van der Waals surface area (Å²) in [6, 6.07) is 5.01. The maximum Gasteiger partial charge on any atom is 0.416 e. The molecule has 0 aromatic heterocycles. The van der Waals surface area contributed by atoms with Crippen molar-refractivity contribution in [1.82, 2.24) is 4.90 Å². The molecule has 1 aliphatic heterocycles. The number of hydrogen-bond donors (Lipinski definition) is 0. The Morgan fingerprint density at radius 2 is 2.00 bits per heavy atom. The van der Waals surface area contributed by atoms with Crippen molar-refractivity contribution in [3.05, 3.63) is 41.5 Å². The van der Waals surface area contributed by atoms with Crippen LogP contribution in [-0.4, -0.2) is 24.4 Å². The molecule has 5 heteroatoms. The second-order valence-electron chi connectivity index (χ2n) is 3.94. The van der Waals surface area contributed by atoms with Gasteiger partial charge in [-0.05, 0) is 23.3 Å². The van der Waals surface area contributed by atoms with Crippen molar-refractivity contribution in [2.24, 2.45) is 0 Å². The quantitative estimate of drug-likeness (QED) is 0.740. The van der Waals surface area contributed by atoms with E-state index in [1.807, 2.05) is 0 Å². The zero-order valence-electron chi connectivity index (χ0n) is 9.08. The number of amides is 1. The van der Waals surface area contributed by atoms with Crippen LogP contribution in [0.3, 0.4) is 0 Å². The van der Waals surface area contributed by atoms with Crippen molar-refractivity contribution in [3.8, 4) is 0 Å².